The van der Waals surface area contributed by atoms with Gasteiger partial charge in [-0.1, -0.05) is 26.8 Å². The number of halogens is 1. The number of benzene rings is 1. The molecule has 0 unspecified atom stereocenters. The minimum Gasteiger partial charge on any atom is -0.335 e. The molecule has 11 nitrogen and oxygen atoms in total. The van der Waals surface area contributed by atoms with Crippen molar-refractivity contribution in [2.45, 2.75) is 27.2 Å². The number of pyridine rings is 3. The molecule has 0 radical (unpaired) electrons. The number of rotatable bonds is 7. The second kappa shape index (κ2) is 10.9. The fourth-order valence-corrected chi connectivity index (χ4v) is 5.32. The lowest BCUT2D eigenvalue weighted by atomic mass is 9.95. The number of hydrogen-bond donors (Lipinski definition) is 3. The Morgan fingerprint density at radius 3 is 2.61 bits per heavy atom. The quantitative estimate of drug-likeness (QED) is 0.218. The number of aryl methyl sites for hydroxylation is 1. The fourth-order valence-electron chi connectivity index (χ4n) is 4.71. The Morgan fingerprint density at radius 1 is 1.02 bits per heavy atom. The van der Waals surface area contributed by atoms with Gasteiger partial charge in [0.05, 0.1) is 34.4 Å². The van der Waals surface area contributed by atoms with E-state index in [1.54, 1.807) is 30.7 Å². The van der Waals surface area contributed by atoms with Crippen LogP contribution in [0.15, 0.2) is 61.1 Å². The number of H-pyrrole nitrogens is 2. The highest BCUT2D eigenvalue weighted by molar-refractivity contribution is 7.90. The van der Waals surface area contributed by atoms with E-state index in [9.17, 15) is 17.6 Å². The van der Waals surface area contributed by atoms with Gasteiger partial charge in [0, 0.05) is 35.2 Å². The predicted octanol–water partition coefficient (Wildman–Crippen LogP) is 5.34. The first-order valence-corrected chi connectivity index (χ1v) is 15.8. The molecule has 0 saturated heterocycles. The number of aromatic nitrogens is 7. The van der Waals surface area contributed by atoms with Gasteiger partial charge in [-0.3, -0.25) is 14.9 Å². The average Bonchev–Trinajstić information content (AvgIpc) is 3.59. The molecule has 0 atom stereocenters. The van der Waals surface area contributed by atoms with Crippen LogP contribution in [0.5, 0.6) is 0 Å². The normalized spacial score (nSPS) is 12.2. The van der Waals surface area contributed by atoms with Crippen LogP contribution in [-0.2, 0) is 21.1 Å². The van der Waals surface area contributed by atoms with E-state index < -0.39 is 21.1 Å². The highest BCUT2D eigenvalue weighted by atomic mass is 32.2. The summed E-state index contributed by atoms with van der Waals surface area (Å²) in [5.41, 5.74) is 5.79. The fraction of sp³-hybridized carbons (Fsp3) is 0.226. The zero-order chi connectivity index (χ0) is 31.2. The maximum absolute atomic E-state index is 14.6. The number of amides is 1. The summed E-state index contributed by atoms with van der Waals surface area (Å²) in [7, 11) is -3.21. The lowest BCUT2D eigenvalue weighted by Crippen LogP contribution is -2.27. The van der Waals surface area contributed by atoms with Gasteiger partial charge in [-0.2, -0.15) is 5.10 Å². The summed E-state index contributed by atoms with van der Waals surface area (Å²) < 4.78 is 38.0. The van der Waals surface area contributed by atoms with Crippen LogP contribution in [0.2, 0.25) is 0 Å². The number of nitrogens with one attached hydrogen (secondary N) is 3. The number of fused-ring (bicyclic) bond motifs is 2. The van der Waals surface area contributed by atoms with Gasteiger partial charge in [0.1, 0.15) is 21.2 Å². The Labute approximate surface area is 252 Å². The van der Waals surface area contributed by atoms with E-state index in [1.807, 2.05) is 39.0 Å². The first-order valence-electron chi connectivity index (χ1n) is 13.8. The number of carbonyl (C=O) groups is 1. The van der Waals surface area contributed by atoms with Gasteiger partial charge in [0.15, 0.2) is 17.2 Å². The first kappa shape index (κ1) is 29.1. The number of imidazole rings is 1. The lowest BCUT2D eigenvalue weighted by Gasteiger charge is -2.17. The highest BCUT2D eigenvalue weighted by Gasteiger charge is 2.22. The molecule has 13 heteroatoms. The molecule has 44 heavy (non-hydrogen) atoms. The third kappa shape index (κ3) is 6.04. The summed E-state index contributed by atoms with van der Waals surface area (Å²) in [4.78, 5) is 33.9. The van der Waals surface area contributed by atoms with Crippen LogP contribution in [-0.4, -0.2) is 61.5 Å². The van der Waals surface area contributed by atoms with E-state index in [0.29, 0.717) is 67.4 Å². The molecule has 0 bridgehead atoms. The molecule has 224 valence electrons. The molecule has 5 aromatic heterocycles. The minimum atomic E-state index is -3.21. The topological polar surface area (TPSA) is 159 Å². The van der Waals surface area contributed by atoms with Gasteiger partial charge in [-0.25, -0.2) is 27.8 Å². The Hall–Kier alpha value is -5.04. The van der Waals surface area contributed by atoms with Gasteiger partial charge >= 0.3 is 0 Å². The van der Waals surface area contributed by atoms with Gasteiger partial charge in [-0.05, 0) is 53.9 Å². The van der Waals surface area contributed by atoms with Gasteiger partial charge in [-0.15, -0.1) is 0 Å². The second-order valence-electron chi connectivity index (χ2n) is 11.7. The smallest absolute Gasteiger partial charge is 0.229 e. The van der Waals surface area contributed by atoms with Gasteiger partial charge in [0.25, 0.3) is 0 Å². The van der Waals surface area contributed by atoms with Crippen molar-refractivity contribution < 1.29 is 17.6 Å². The van der Waals surface area contributed by atoms with Crippen LogP contribution >= 0.6 is 0 Å². The molecular formula is C31H29FN8O3S. The molecule has 0 saturated carbocycles. The van der Waals surface area contributed by atoms with Crippen molar-refractivity contribution in [2.75, 3.05) is 17.3 Å². The Balaban J connectivity index is 1.37. The molecule has 1 amide bonds. The van der Waals surface area contributed by atoms with Crippen molar-refractivity contribution in [1.29, 1.82) is 0 Å². The molecule has 0 aliphatic heterocycles. The van der Waals surface area contributed by atoms with Crippen LogP contribution in [0, 0.1) is 11.2 Å². The molecule has 0 aliphatic rings. The SMILES string of the molecule is CC(C)(C)C(=O)Nc1cncc(-c2ccc3[nH]nc(-c4nc5nccc(-c6cc(F)cc(CCS(C)(=O)=O)c6)c5[nH]4)c3n2)c1. The summed E-state index contributed by atoms with van der Waals surface area (Å²) >= 11 is 0. The monoisotopic (exact) mass is 612 g/mol. The van der Waals surface area contributed by atoms with E-state index in [1.165, 1.54) is 12.1 Å². The van der Waals surface area contributed by atoms with Crippen molar-refractivity contribution in [2.24, 2.45) is 5.41 Å². The maximum atomic E-state index is 14.6. The zero-order valence-corrected chi connectivity index (χ0v) is 25.3. The summed E-state index contributed by atoms with van der Waals surface area (Å²) in [5.74, 6) is -0.266. The third-order valence-electron chi connectivity index (χ3n) is 7.03. The number of hydrogen-bond acceptors (Lipinski definition) is 8. The van der Waals surface area contributed by atoms with E-state index >= 15 is 0 Å². The number of nitrogens with zero attached hydrogens (tertiary/aromatic N) is 5. The number of carbonyl (C=O) groups excluding carboxylic acids is 1. The van der Waals surface area contributed by atoms with Crippen molar-refractivity contribution in [3.05, 3.63) is 72.4 Å². The molecule has 6 aromatic rings. The largest absolute Gasteiger partial charge is 0.335 e. The number of sulfone groups is 1. The molecular weight excluding hydrogens is 583 g/mol. The standard InChI is InChI=1S/C31H29FN8O3S/c1-31(2,3)30(41)35-21-14-19(15-33-16-21)23-5-6-24-26(36-23)27(40-39-24)29-37-25-22(7-9-34-28(25)38-29)18-11-17(12-20(32)13-18)8-10-44(4,42)43/h5-7,9,11-16H,8,10H2,1-4H3,(H,35,41)(H,39,40)(H,34,37,38). The minimum absolute atomic E-state index is 0.0804. The second-order valence-corrected chi connectivity index (χ2v) is 14.0. The van der Waals surface area contributed by atoms with Crippen molar-refractivity contribution in [1.82, 2.24) is 35.1 Å². The average molecular weight is 613 g/mol. The molecule has 0 fully saturated rings. The third-order valence-corrected chi connectivity index (χ3v) is 7.97. The Bertz CT molecular complexity index is 2170. The molecule has 0 aliphatic carbocycles. The Kier molecular flexibility index (Phi) is 7.20. The van der Waals surface area contributed by atoms with Crippen LogP contribution in [0.4, 0.5) is 10.1 Å². The molecule has 1 aromatic carbocycles. The summed E-state index contributed by atoms with van der Waals surface area (Å²) in [6, 6.07) is 11.7. The molecule has 5 heterocycles. The van der Waals surface area contributed by atoms with Crippen LogP contribution < -0.4 is 5.32 Å². The predicted molar refractivity (Wildman–Crippen MR) is 167 cm³/mol. The van der Waals surface area contributed by atoms with E-state index in [2.05, 4.69) is 35.5 Å². The Morgan fingerprint density at radius 2 is 1.84 bits per heavy atom. The van der Waals surface area contributed by atoms with Crippen LogP contribution in [0.25, 0.3) is 56.1 Å². The van der Waals surface area contributed by atoms with Crippen LogP contribution in [0.1, 0.15) is 26.3 Å². The van der Waals surface area contributed by atoms with Crippen LogP contribution in [0.3, 0.4) is 0 Å². The van der Waals surface area contributed by atoms with Gasteiger partial charge < -0.3 is 10.3 Å². The van der Waals surface area contributed by atoms with Crippen molar-refractivity contribution in [3.8, 4) is 33.9 Å². The van der Waals surface area contributed by atoms with E-state index in [0.717, 1.165) is 6.26 Å². The summed E-state index contributed by atoms with van der Waals surface area (Å²) in [5, 5.41) is 10.3. The molecule has 3 N–H and O–H groups in total. The van der Waals surface area contributed by atoms with E-state index in [-0.39, 0.29) is 18.1 Å². The first-order chi connectivity index (χ1) is 20.8. The van der Waals surface area contributed by atoms with Crippen molar-refractivity contribution >= 4 is 43.6 Å². The van der Waals surface area contributed by atoms with Gasteiger partial charge in [0.2, 0.25) is 5.91 Å². The number of anilines is 1. The molecule has 6 rings (SSSR count). The number of aromatic amines is 2. The summed E-state index contributed by atoms with van der Waals surface area (Å²) in [6.07, 6.45) is 6.19. The summed E-state index contributed by atoms with van der Waals surface area (Å²) in [6.45, 7) is 5.51. The lowest BCUT2D eigenvalue weighted by molar-refractivity contribution is -0.123. The highest BCUT2D eigenvalue weighted by Crippen LogP contribution is 2.32. The molecule has 0 spiro atoms. The van der Waals surface area contributed by atoms with Crippen molar-refractivity contribution in [3.63, 3.8) is 0 Å². The zero-order valence-electron chi connectivity index (χ0n) is 24.4. The maximum Gasteiger partial charge on any atom is 0.229 e. The van der Waals surface area contributed by atoms with E-state index in [4.69, 9.17) is 4.98 Å².